The monoisotopic (exact) mass is 418 g/mol. The van der Waals surface area contributed by atoms with Crippen molar-refractivity contribution in [2.75, 3.05) is 17.2 Å². The number of hydrogen-bond donors (Lipinski definition) is 0. The van der Waals surface area contributed by atoms with Crippen LogP contribution in [0.25, 0.3) is 0 Å². The van der Waals surface area contributed by atoms with Gasteiger partial charge in [0.05, 0.1) is 10.6 Å². The highest BCUT2D eigenvalue weighted by molar-refractivity contribution is 7.99. The maximum Gasteiger partial charge on any atom is 0.243 e. The van der Waals surface area contributed by atoms with E-state index in [0.29, 0.717) is 18.8 Å². The van der Waals surface area contributed by atoms with E-state index in [2.05, 4.69) is 0 Å². The van der Waals surface area contributed by atoms with Gasteiger partial charge in [0.15, 0.2) is 0 Å². The van der Waals surface area contributed by atoms with Crippen LogP contribution in [0, 0.1) is 0 Å². The molecule has 1 aliphatic rings. The van der Waals surface area contributed by atoms with Crippen molar-refractivity contribution >= 4 is 33.4 Å². The first-order valence-corrected chi connectivity index (χ1v) is 11.8. The number of carbonyl (C=O) groups excluding carboxylic acids is 1. The van der Waals surface area contributed by atoms with Gasteiger partial charge in [0.1, 0.15) is 0 Å². The summed E-state index contributed by atoms with van der Waals surface area (Å²) in [6.07, 6.45) is 0.882. The van der Waals surface area contributed by atoms with E-state index in [0.717, 1.165) is 22.6 Å². The minimum Gasteiger partial charge on any atom is -0.311 e. The summed E-state index contributed by atoms with van der Waals surface area (Å²) in [5.74, 6) is 0.845. The fraction of sp³-hybridized carbons (Fsp3) is 0.381. The number of fused-ring (bicyclic) bond motifs is 1. The number of carbonyl (C=O) groups is 1. The first-order chi connectivity index (χ1) is 13.3. The van der Waals surface area contributed by atoms with Crippen molar-refractivity contribution in [2.45, 2.75) is 49.6 Å². The predicted octanol–water partition coefficient (Wildman–Crippen LogP) is 4.13. The molecular weight excluding hydrogens is 392 g/mol. The van der Waals surface area contributed by atoms with Gasteiger partial charge in [0.25, 0.3) is 0 Å². The van der Waals surface area contributed by atoms with Crippen molar-refractivity contribution in [1.29, 1.82) is 0 Å². The van der Waals surface area contributed by atoms with E-state index >= 15 is 0 Å². The van der Waals surface area contributed by atoms with Crippen molar-refractivity contribution in [1.82, 2.24) is 4.31 Å². The quantitative estimate of drug-likeness (QED) is 0.732. The molecule has 150 valence electrons. The molecule has 0 spiro atoms. The highest BCUT2D eigenvalue weighted by Gasteiger charge is 2.29. The number of benzene rings is 2. The van der Waals surface area contributed by atoms with E-state index in [-0.39, 0.29) is 16.8 Å². The van der Waals surface area contributed by atoms with Gasteiger partial charge in [-0.05, 0) is 49.8 Å². The van der Waals surface area contributed by atoms with Crippen LogP contribution < -0.4 is 4.90 Å². The van der Waals surface area contributed by atoms with Gasteiger partial charge in [0.2, 0.25) is 15.9 Å². The molecular formula is C21H26N2O3S2. The van der Waals surface area contributed by atoms with E-state index in [4.69, 9.17) is 0 Å². The lowest BCUT2D eigenvalue weighted by molar-refractivity contribution is -0.116. The Morgan fingerprint density at radius 3 is 2.54 bits per heavy atom. The van der Waals surface area contributed by atoms with Crippen LogP contribution in [0.3, 0.4) is 0 Å². The third kappa shape index (κ3) is 4.42. The second-order valence-electron chi connectivity index (χ2n) is 7.13. The van der Waals surface area contributed by atoms with Crippen LogP contribution in [0.2, 0.25) is 0 Å². The Labute approximate surface area is 171 Å². The average molecular weight is 419 g/mol. The van der Waals surface area contributed by atoms with Crippen LogP contribution in [0.4, 0.5) is 5.69 Å². The number of amides is 1. The van der Waals surface area contributed by atoms with Gasteiger partial charge in [-0.15, -0.1) is 11.8 Å². The molecule has 0 aliphatic carbocycles. The Hall–Kier alpha value is -1.83. The summed E-state index contributed by atoms with van der Waals surface area (Å²) in [6, 6.07) is 14.5. The lowest BCUT2D eigenvalue weighted by Gasteiger charge is -2.27. The summed E-state index contributed by atoms with van der Waals surface area (Å²) < 4.78 is 28.4. The molecule has 3 rings (SSSR count). The maximum absolute atomic E-state index is 13.4. The normalized spacial score (nSPS) is 14.8. The second kappa shape index (κ2) is 8.68. The SMILES string of the molecule is CC(=O)N1CCCSc2ccc(S(=O)(=O)N(Cc3ccccc3)C(C)C)cc21. The third-order valence-electron chi connectivity index (χ3n) is 4.75. The Bertz CT molecular complexity index is 943. The zero-order chi connectivity index (χ0) is 20.3. The van der Waals surface area contributed by atoms with E-state index < -0.39 is 10.0 Å². The molecule has 2 aromatic rings. The Balaban J connectivity index is 2.01. The molecule has 0 saturated heterocycles. The number of anilines is 1. The maximum atomic E-state index is 13.4. The molecule has 0 saturated carbocycles. The van der Waals surface area contributed by atoms with Gasteiger partial charge in [-0.2, -0.15) is 4.31 Å². The average Bonchev–Trinajstić information content (AvgIpc) is 2.88. The molecule has 1 amide bonds. The molecule has 2 aromatic carbocycles. The van der Waals surface area contributed by atoms with Gasteiger partial charge in [-0.3, -0.25) is 4.79 Å². The second-order valence-corrected chi connectivity index (χ2v) is 10.2. The van der Waals surface area contributed by atoms with Crippen LogP contribution in [0.15, 0.2) is 58.3 Å². The number of rotatable bonds is 5. The van der Waals surface area contributed by atoms with E-state index in [1.807, 2.05) is 50.2 Å². The van der Waals surface area contributed by atoms with Gasteiger partial charge in [-0.25, -0.2) is 8.42 Å². The smallest absolute Gasteiger partial charge is 0.243 e. The van der Waals surface area contributed by atoms with E-state index in [1.54, 1.807) is 28.8 Å². The molecule has 0 unspecified atom stereocenters. The fourth-order valence-corrected chi connectivity index (χ4v) is 5.91. The number of nitrogens with zero attached hydrogens (tertiary/aromatic N) is 2. The summed E-state index contributed by atoms with van der Waals surface area (Å²) in [7, 11) is -3.71. The van der Waals surface area contributed by atoms with E-state index in [1.165, 1.54) is 11.2 Å². The lowest BCUT2D eigenvalue weighted by Crippen LogP contribution is -2.36. The number of thioether (sulfide) groups is 1. The molecule has 0 bridgehead atoms. The van der Waals surface area contributed by atoms with Crippen LogP contribution in [-0.4, -0.2) is 37.0 Å². The lowest BCUT2D eigenvalue weighted by atomic mass is 10.2. The van der Waals surface area contributed by atoms with Crippen LogP contribution in [-0.2, 0) is 21.4 Å². The first-order valence-electron chi connectivity index (χ1n) is 9.41. The summed E-state index contributed by atoms with van der Waals surface area (Å²) in [5.41, 5.74) is 1.63. The molecule has 0 aromatic heterocycles. The molecule has 1 aliphatic heterocycles. The number of hydrogen-bond acceptors (Lipinski definition) is 4. The Morgan fingerprint density at radius 2 is 1.89 bits per heavy atom. The van der Waals surface area contributed by atoms with Crippen molar-refractivity contribution in [3.05, 3.63) is 54.1 Å². The van der Waals surface area contributed by atoms with Crippen LogP contribution in [0.1, 0.15) is 32.8 Å². The molecule has 1 heterocycles. The molecule has 5 nitrogen and oxygen atoms in total. The standard InChI is InChI=1S/C21H26N2O3S2/c1-16(2)23(15-18-8-5-4-6-9-18)28(25,26)19-10-11-21-20(14-19)22(17(3)24)12-7-13-27-21/h4-6,8-11,14,16H,7,12-13,15H2,1-3H3. The van der Waals surface area contributed by atoms with Crippen molar-refractivity contribution in [3.63, 3.8) is 0 Å². The summed E-state index contributed by atoms with van der Waals surface area (Å²) in [6.45, 7) is 6.19. The van der Waals surface area contributed by atoms with Crippen LogP contribution >= 0.6 is 11.8 Å². The Kier molecular flexibility index (Phi) is 6.47. The summed E-state index contributed by atoms with van der Waals surface area (Å²) >= 11 is 1.67. The van der Waals surface area contributed by atoms with Gasteiger partial charge < -0.3 is 4.90 Å². The molecule has 0 radical (unpaired) electrons. The van der Waals surface area contributed by atoms with Crippen molar-refractivity contribution in [3.8, 4) is 0 Å². The molecule has 7 heteroatoms. The van der Waals surface area contributed by atoms with Crippen molar-refractivity contribution in [2.24, 2.45) is 0 Å². The zero-order valence-electron chi connectivity index (χ0n) is 16.5. The molecule has 0 atom stereocenters. The molecule has 0 N–H and O–H groups in total. The zero-order valence-corrected chi connectivity index (χ0v) is 18.1. The minimum atomic E-state index is -3.71. The highest BCUT2D eigenvalue weighted by Crippen LogP contribution is 2.36. The van der Waals surface area contributed by atoms with Gasteiger partial charge in [0, 0.05) is 31.0 Å². The van der Waals surface area contributed by atoms with Crippen molar-refractivity contribution < 1.29 is 13.2 Å². The van der Waals surface area contributed by atoms with Crippen LogP contribution in [0.5, 0.6) is 0 Å². The summed E-state index contributed by atoms with van der Waals surface area (Å²) in [4.78, 5) is 15.0. The molecule has 0 fully saturated rings. The molecule has 28 heavy (non-hydrogen) atoms. The highest BCUT2D eigenvalue weighted by atomic mass is 32.2. The van der Waals surface area contributed by atoms with Gasteiger partial charge >= 0.3 is 0 Å². The van der Waals surface area contributed by atoms with Gasteiger partial charge in [-0.1, -0.05) is 30.3 Å². The fourth-order valence-electron chi connectivity index (χ4n) is 3.29. The minimum absolute atomic E-state index is 0.0664. The predicted molar refractivity (Wildman–Crippen MR) is 114 cm³/mol. The summed E-state index contributed by atoms with van der Waals surface area (Å²) in [5, 5.41) is 0. The topological polar surface area (TPSA) is 57.7 Å². The number of sulfonamides is 1. The third-order valence-corrected chi connectivity index (χ3v) is 7.92. The first kappa shape index (κ1) is 20.9. The van der Waals surface area contributed by atoms with E-state index in [9.17, 15) is 13.2 Å². The Morgan fingerprint density at radius 1 is 1.18 bits per heavy atom. The largest absolute Gasteiger partial charge is 0.311 e.